The van der Waals surface area contributed by atoms with Crippen LogP contribution in [0, 0.1) is 0 Å². The highest BCUT2D eigenvalue weighted by molar-refractivity contribution is 7.98. The molecule has 0 saturated carbocycles. The lowest BCUT2D eigenvalue weighted by molar-refractivity contribution is -0.141. The molecule has 0 spiro atoms. The molecular weight excluding hydrogens is 550 g/mol. The maximum absolute atomic E-state index is 14.3. The molecule has 0 fully saturated rings. The first-order valence-electron chi connectivity index (χ1n) is 14.9. The number of thioether (sulfide) groups is 1. The van der Waals surface area contributed by atoms with Gasteiger partial charge in [-0.05, 0) is 87.4 Å². The van der Waals surface area contributed by atoms with Gasteiger partial charge in [-0.3, -0.25) is 9.59 Å². The van der Waals surface area contributed by atoms with Crippen LogP contribution in [0.3, 0.4) is 0 Å². The number of alkyl carbamates (subject to hydrolysis) is 1. The van der Waals surface area contributed by atoms with Gasteiger partial charge in [0.05, 0.1) is 7.11 Å². The fourth-order valence-electron chi connectivity index (χ4n) is 4.51. The van der Waals surface area contributed by atoms with Crippen molar-refractivity contribution in [2.75, 3.05) is 31.0 Å². The Balaban J connectivity index is 2.52. The second kappa shape index (κ2) is 17.7. The largest absolute Gasteiger partial charge is 0.497 e. The molecule has 0 aliphatic heterocycles. The predicted octanol–water partition coefficient (Wildman–Crippen LogP) is 6.99. The van der Waals surface area contributed by atoms with E-state index in [0.29, 0.717) is 35.7 Å². The lowest BCUT2D eigenvalue weighted by atomic mass is 9.99. The minimum absolute atomic E-state index is 0.305. The highest BCUT2D eigenvalue weighted by Gasteiger charge is 2.36. The Kier molecular flexibility index (Phi) is 14.7. The summed E-state index contributed by atoms with van der Waals surface area (Å²) in [5, 5.41) is 5.81. The van der Waals surface area contributed by atoms with Gasteiger partial charge in [0.2, 0.25) is 5.91 Å². The van der Waals surface area contributed by atoms with Gasteiger partial charge < -0.3 is 25.0 Å². The predicted molar refractivity (Wildman–Crippen MR) is 172 cm³/mol. The van der Waals surface area contributed by atoms with E-state index in [1.807, 2.05) is 30.5 Å². The summed E-state index contributed by atoms with van der Waals surface area (Å²) in [6.45, 7) is 9.93. The molecule has 0 aliphatic rings. The van der Waals surface area contributed by atoms with Crippen molar-refractivity contribution in [3.05, 3.63) is 59.7 Å². The highest BCUT2D eigenvalue weighted by Crippen LogP contribution is 2.27. The number of benzene rings is 2. The fourth-order valence-corrected chi connectivity index (χ4v) is 4.98. The number of nitrogens with one attached hydrogen (secondary N) is 2. The van der Waals surface area contributed by atoms with Gasteiger partial charge in [-0.15, -0.1) is 0 Å². The number of rotatable bonds is 16. The van der Waals surface area contributed by atoms with Crippen molar-refractivity contribution in [1.82, 2.24) is 10.2 Å². The zero-order valence-corrected chi connectivity index (χ0v) is 27.1. The molecule has 2 aromatic carbocycles. The quantitative estimate of drug-likeness (QED) is 0.202. The van der Waals surface area contributed by atoms with Gasteiger partial charge in [0, 0.05) is 12.2 Å². The number of nitrogens with zero attached hydrogens (tertiary/aromatic N) is 1. The number of anilines is 1. The average molecular weight is 600 g/mol. The molecule has 42 heavy (non-hydrogen) atoms. The molecule has 0 aromatic heterocycles. The summed E-state index contributed by atoms with van der Waals surface area (Å²) in [4.78, 5) is 42.8. The monoisotopic (exact) mass is 599 g/mol. The summed E-state index contributed by atoms with van der Waals surface area (Å²) in [6.07, 6.45) is 6.31. The molecular formula is C33H49N3O5S. The number of methoxy groups -OCH3 is 1. The number of hydrogen-bond donors (Lipinski definition) is 2. The molecule has 0 aliphatic carbocycles. The SMILES string of the molecule is CCCCCCN(C(=O)C(CCSC)NC(=O)OC(C)(C)C)C(C(=O)Nc1ccc(OC)cc1)c1ccc(CC)cc1. The first-order valence-corrected chi connectivity index (χ1v) is 16.2. The number of hydrogen-bond acceptors (Lipinski definition) is 6. The Hall–Kier alpha value is -3.20. The first-order chi connectivity index (χ1) is 20.0. The third-order valence-electron chi connectivity index (χ3n) is 6.76. The van der Waals surface area contributed by atoms with E-state index in [9.17, 15) is 14.4 Å². The van der Waals surface area contributed by atoms with E-state index in [2.05, 4.69) is 24.5 Å². The van der Waals surface area contributed by atoms with Crippen molar-refractivity contribution in [2.24, 2.45) is 0 Å². The Morgan fingerprint density at radius 3 is 2.17 bits per heavy atom. The van der Waals surface area contributed by atoms with Gasteiger partial charge in [0.1, 0.15) is 23.4 Å². The number of amides is 3. The molecule has 0 bridgehead atoms. The third kappa shape index (κ3) is 11.6. The maximum Gasteiger partial charge on any atom is 0.408 e. The van der Waals surface area contributed by atoms with Crippen molar-refractivity contribution >= 4 is 35.4 Å². The van der Waals surface area contributed by atoms with Crippen LogP contribution in [0.1, 0.15) is 83.9 Å². The summed E-state index contributed by atoms with van der Waals surface area (Å²) >= 11 is 1.59. The lowest BCUT2D eigenvalue weighted by Crippen LogP contribution is -2.52. The van der Waals surface area contributed by atoms with Crippen LogP contribution in [-0.2, 0) is 20.7 Å². The molecule has 232 valence electrons. The van der Waals surface area contributed by atoms with E-state index < -0.39 is 23.8 Å². The van der Waals surface area contributed by atoms with Gasteiger partial charge in [-0.1, -0.05) is 57.4 Å². The van der Waals surface area contributed by atoms with Crippen LogP contribution in [0.15, 0.2) is 48.5 Å². The Labute approximate surface area is 256 Å². The number of carbonyl (C=O) groups is 3. The number of carbonyl (C=O) groups excluding carboxylic acids is 3. The van der Waals surface area contributed by atoms with E-state index in [1.54, 1.807) is 68.8 Å². The molecule has 2 rings (SSSR count). The standard InChI is InChI=1S/C33H49N3O5S/c1-8-10-11-12-22-36(31(38)28(21-23-42-7)35-32(39)41-33(3,4)5)29(25-15-13-24(9-2)14-16-25)30(37)34-26-17-19-27(40-6)20-18-26/h13-20,28-29H,8-12,21-23H2,1-7H3,(H,34,37)(H,35,39). The normalized spacial score (nSPS) is 12.6. The highest BCUT2D eigenvalue weighted by atomic mass is 32.2. The second-order valence-corrected chi connectivity index (χ2v) is 12.3. The van der Waals surface area contributed by atoms with Crippen molar-refractivity contribution in [3.63, 3.8) is 0 Å². The summed E-state index contributed by atoms with van der Waals surface area (Å²) in [7, 11) is 1.59. The van der Waals surface area contributed by atoms with Gasteiger partial charge in [0.25, 0.3) is 5.91 Å². The minimum Gasteiger partial charge on any atom is -0.497 e. The van der Waals surface area contributed by atoms with Gasteiger partial charge in [0.15, 0.2) is 0 Å². The van der Waals surface area contributed by atoms with E-state index in [0.717, 1.165) is 37.7 Å². The molecule has 2 N–H and O–H groups in total. The van der Waals surface area contributed by atoms with E-state index in [-0.39, 0.29) is 11.8 Å². The smallest absolute Gasteiger partial charge is 0.408 e. The molecule has 0 heterocycles. The number of unbranched alkanes of at least 4 members (excludes halogenated alkanes) is 3. The third-order valence-corrected chi connectivity index (χ3v) is 7.40. The number of aryl methyl sites for hydroxylation is 1. The Morgan fingerprint density at radius 1 is 0.952 bits per heavy atom. The van der Waals surface area contributed by atoms with Crippen LogP contribution in [0.5, 0.6) is 5.75 Å². The van der Waals surface area contributed by atoms with E-state index >= 15 is 0 Å². The van der Waals surface area contributed by atoms with Gasteiger partial charge in [-0.2, -0.15) is 11.8 Å². The first kappa shape index (κ1) is 35.0. The van der Waals surface area contributed by atoms with Crippen LogP contribution in [0.25, 0.3) is 0 Å². The number of ether oxygens (including phenoxy) is 2. The maximum atomic E-state index is 14.3. The van der Waals surface area contributed by atoms with Gasteiger partial charge in [-0.25, -0.2) is 4.79 Å². The van der Waals surface area contributed by atoms with Crippen LogP contribution < -0.4 is 15.4 Å². The molecule has 0 saturated heterocycles. The van der Waals surface area contributed by atoms with Crippen molar-refractivity contribution < 1.29 is 23.9 Å². The molecule has 9 heteroatoms. The summed E-state index contributed by atoms with van der Waals surface area (Å²) in [5.41, 5.74) is 1.74. The lowest BCUT2D eigenvalue weighted by Gasteiger charge is -2.34. The molecule has 2 aromatic rings. The topological polar surface area (TPSA) is 97.0 Å². The zero-order chi connectivity index (χ0) is 31.1. The molecule has 0 radical (unpaired) electrons. The van der Waals surface area contributed by atoms with Crippen molar-refractivity contribution in [3.8, 4) is 5.75 Å². The minimum atomic E-state index is -0.899. The zero-order valence-electron chi connectivity index (χ0n) is 26.3. The molecule has 3 amide bonds. The molecule has 8 nitrogen and oxygen atoms in total. The van der Waals surface area contributed by atoms with Crippen LogP contribution >= 0.6 is 11.8 Å². The van der Waals surface area contributed by atoms with Crippen LogP contribution in [-0.4, -0.2) is 60.1 Å². The summed E-state index contributed by atoms with van der Waals surface area (Å²) < 4.78 is 10.7. The molecule has 2 unspecified atom stereocenters. The van der Waals surface area contributed by atoms with Crippen LogP contribution in [0.4, 0.5) is 10.5 Å². The Bertz CT molecular complexity index is 1120. The fraction of sp³-hybridized carbons (Fsp3) is 0.545. The van der Waals surface area contributed by atoms with Crippen molar-refractivity contribution in [2.45, 2.75) is 90.8 Å². The average Bonchev–Trinajstić information content (AvgIpc) is 2.96. The van der Waals surface area contributed by atoms with Gasteiger partial charge >= 0.3 is 6.09 Å². The van der Waals surface area contributed by atoms with Crippen LogP contribution in [0.2, 0.25) is 0 Å². The summed E-state index contributed by atoms with van der Waals surface area (Å²) in [6, 6.07) is 13.2. The van der Waals surface area contributed by atoms with Crippen molar-refractivity contribution in [1.29, 1.82) is 0 Å². The summed E-state index contributed by atoms with van der Waals surface area (Å²) in [5.74, 6) is 0.705. The van der Waals surface area contributed by atoms with E-state index in [1.165, 1.54) is 0 Å². The van der Waals surface area contributed by atoms with E-state index in [4.69, 9.17) is 9.47 Å². The Morgan fingerprint density at radius 2 is 1.62 bits per heavy atom. The molecule has 2 atom stereocenters. The second-order valence-electron chi connectivity index (χ2n) is 11.3.